The van der Waals surface area contributed by atoms with E-state index in [9.17, 15) is 4.79 Å². The van der Waals surface area contributed by atoms with Crippen molar-refractivity contribution >= 4 is 11.9 Å². The van der Waals surface area contributed by atoms with Crippen LogP contribution in [0.5, 0.6) is 11.5 Å². The third-order valence-electron chi connectivity index (χ3n) is 2.95. The largest absolute Gasteiger partial charge is 0.454 e. The Balaban J connectivity index is 1.93. The molecule has 1 aliphatic carbocycles. The van der Waals surface area contributed by atoms with Crippen LogP contribution in [-0.4, -0.2) is 12.6 Å². The zero-order valence-electron chi connectivity index (χ0n) is 8.86. The number of carbonyl (C=O) groups is 1. The summed E-state index contributed by atoms with van der Waals surface area (Å²) in [6.45, 7) is 0.286. The van der Waals surface area contributed by atoms with Crippen LogP contribution >= 0.6 is 0 Å². The van der Waals surface area contributed by atoms with E-state index >= 15 is 0 Å². The number of ether oxygens (including phenoxy) is 2. The van der Waals surface area contributed by atoms with Gasteiger partial charge in [-0.2, -0.15) is 0 Å². The Morgan fingerprint density at radius 3 is 2.81 bits per heavy atom. The molecular weight excluding hydrogens is 204 g/mol. The molecule has 0 bridgehead atoms. The summed E-state index contributed by atoms with van der Waals surface area (Å²) in [6.07, 6.45) is 4.52. The summed E-state index contributed by atoms with van der Waals surface area (Å²) in [5.41, 5.74) is 1.94. The number of hydrogen-bond donors (Lipinski definition) is 0. The second-order valence-corrected chi connectivity index (χ2v) is 4.06. The van der Waals surface area contributed by atoms with E-state index in [1.165, 1.54) is 0 Å². The van der Waals surface area contributed by atoms with Crippen LogP contribution in [0.1, 0.15) is 24.8 Å². The fraction of sp³-hybridized carbons (Fsp3) is 0.308. The molecule has 3 nitrogen and oxygen atoms in total. The monoisotopic (exact) mass is 216 g/mol. The summed E-state index contributed by atoms with van der Waals surface area (Å²) in [7, 11) is 0. The van der Waals surface area contributed by atoms with E-state index in [1.807, 2.05) is 24.3 Å². The van der Waals surface area contributed by atoms with Gasteiger partial charge >= 0.3 is 0 Å². The average Bonchev–Trinajstić information content (AvgIpc) is 2.88. The Hall–Kier alpha value is -1.77. The fourth-order valence-electron chi connectivity index (χ4n) is 2.10. The van der Waals surface area contributed by atoms with E-state index in [0.717, 1.165) is 35.5 Å². The van der Waals surface area contributed by atoms with Crippen molar-refractivity contribution in [3.05, 3.63) is 29.3 Å². The van der Waals surface area contributed by atoms with Crippen molar-refractivity contribution < 1.29 is 14.3 Å². The van der Waals surface area contributed by atoms with Crippen LogP contribution in [0.2, 0.25) is 0 Å². The van der Waals surface area contributed by atoms with Crippen LogP contribution in [0.25, 0.3) is 6.08 Å². The standard InChI is InChI=1S/C13H12O3/c14-11-3-1-2-10(11)6-9-4-5-12-13(7-9)16-8-15-12/h4-7H,1-3,8H2/b10-6-. The van der Waals surface area contributed by atoms with Crippen LogP contribution in [0, 0.1) is 0 Å². The molecule has 0 spiro atoms. The number of fused-ring (bicyclic) bond motifs is 1. The Bertz CT molecular complexity index is 474. The molecule has 0 aromatic heterocycles. The first-order chi connectivity index (χ1) is 7.83. The van der Waals surface area contributed by atoms with E-state index in [0.29, 0.717) is 6.42 Å². The molecule has 0 unspecified atom stereocenters. The minimum Gasteiger partial charge on any atom is -0.454 e. The quantitative estimate of drug-likeness (QED) is 0.677. The molecule has 82 valence electrons. The highest BCUT2D eigenvalue weighted by Gasteiger charge is 2.17. The lowest BCUT2D eigenvalue weighted by molar-refractivity contribution is -0.114. The van der Waals surface area contributed by atoms with Crippen LogP contribution in [-0.2, 0) is 4.79 Å². The lowest BCUT2D eigenvalue weighted by Crippen LogP contribution is -1.93. The van der Waals surface area contributed by atoms with Crippen LogP contribution in [0.3, 0.4) is 0 Å². The second kappa shape index (κ2) is 3.67. The van der Waals surface area contributed by atoms with E-state index in [2.05, 4.69) is 0 Å². The third kappa shape index (κ3) is 1.58. The first kappa shape index (κ1) is 9.46. The predicted octanol–water partition coefficient (Wildman–Crippen LogP) is 2.55. The number of Topliss-reactive ketones (excluding diaryl/α,β-unsaturated/α-hetero) is 1. The summed E-state index contributed by atoms with van der Waals surface area (Å²) >= 11 is 0. The molecule has 0 saturated heterocycles. The summed E-state index contributed by atoms with van der Waals surface area (Å²) in [4.78, 5) is 11.5. The number of benzene rings is 1. The van der Waals surface area contributed by atoms with Crippen molar-refractivity contribution in [1.29, 1.82) is 0 Å². The Morgan fingerprint density at radius 1 is 1.12 bits per heavy atom. The summed E-state index contributed by atoms with van der Waals surface area (Å²) in [6, 6.07) is 5.75. The molecule has 0 N–H and O–H groups in total. The highest BCUT2D eigenvalue weighted by atomic mass is 16.7. The summed E-state index contributed by atoms with van der Waals surface area (Å²) in [5.74, 6) is 1.82. The summed E-state index contributed by atoms with van der Waals surface area (Å²) < 4.78 is 10.5. The number of rotatable bonds is 1. The van der Waals surface area contributed by atoms with Crippen molar-refractivity contribution in [3.63, 3.8) is 0 Å². The molecule has 0 atom stereocenters. The lowest BCUT2D eigenvalue weighted by atomic mass is 10.1. The van der Waals surface area contributed by atoms with Gasteiger partial charge in [0.25, 0.3) is 0 Å². The predicted molar refractivity (Wildman–Crippen MR) is 59.4 cm³/mol. The SMILES string of the molecule is O=C1CCC/C1=C/c1ccc2c(c1)OCO2. The fourth-order valence-corrected chi connectivity index (χ4v) is 2.10. The number of ketones is 1. The molecule has 3 rings (SSSR count). The maximum absolute atomic E-state index is 11.5. The maximum Gasteiger partial charge on any atom is 0.231 e. The van der Waals surface area contributed by atoms with Crippen molar-refractivity contribution in [3.8, 4) is 11.5 Å². The van der Waals surface area contributed by atoms with Crippen molar-refractivity contribution in [2.75, 3.05) is 6.79 Å². The highest BCUT2D eigenvalue weighted by Crippen LogP contribution is 2.33. The smallest absolute Gasteiger partial charge is 0.231 e. The molecule has 1 aliphatic heterocycles. The minimum absolute atomic E-state index is 0.276. The van der Waals surface area contributed by atoms with E-state index in [1.54, 1.807) is 0 Å². The lowest BCUT2D eigenvalue weighted by Gasteiger charge is -1.99. The first-order valence-corrected chi connectivity index (χ1v) is 5.46. The van der Waals surface area contributed by atoms with E-state index in [-0.39, 0.29) is 12.6 Å². The van der Waals surface area contributed by atoms with Gasteiger partial charge in [0.15, 0.2) is 17.3 Å². The van der Waals surface area contributed by atoms with Crippen molar-refractivity contribution in [2.45, 2.75) is 19.3 Å². The molecule has 1 aromatic rings. The van der Waals surface area contributed by atoms with E-state index < -0.39 is 0 Å². The number of hydrogen-bond acceptors (Lipinski definition) is 3. The first-order valence-electron chi connectivity index (χ1n) is 5.46. The zero-order chi connectivity index (χ0) is 11.0. The Morgan fingerprint density at radius 2 is 2.00 bits per heavy atom. The topological polar surface area (TPSA) is 35.5 Å². The van der Waals surface area contributed by atoms with Gasteiger partial charge in [-0.3, -0.25) is 4.79 Å². The second-order valence-electron chi connectivity index (χ2n) is 4.06. The molecule has 3 heteroatoms. The number of allylic oxidation sites excluding steroid dienone is 1. The molecule has 1 aromatic carbocycles. The maximum atomic E-state index is 11.5. The molecular formula is C13H12O3. The molecule has 1 fully saturated rings. The zero-order valence-corrected chi connectivity index (χ0v) is 8.86. The molecule has 1 saturated carbocycles. The van der Waals surface area contributed by atoms with Crippen LogP contribution < -0.4 is 9.47 Å². The molecule has 0 radical (unpaired) electrons. The van der Waals surface area contributed by atoms with Crippen LogP contribution in [0.15, 0.2) is 23.8 Å². The van der Waals surface area contributed by atoms with Gasteiger partial charge in [-0.05, 0) is 42.2 Å². The Kier molecular flexibility index (Phi) is 2.17. The van der Waals surface area contributed by atoms with Gasteiger partial charge < -0.3 is 9.47 Å². The minimum atomic E-state index is 0.276. The van der Waals surface area contributed by atoms with Gasteiger partial charge in [0.2, 0.25) is 6.79 Å². The molecule has 2 aliphatic rings. The average molecular weight is 216 g/mol. The van der Waals surface area contributed by atoms with Gasteiger partial charge in [-0.25, -0.2) is 0 Å². The van der Waals surface area contributed by atoms with Crippen LogP contribution in [0.4, 0.5) is 0 Å². The molecule has 0 amide bonds. The van der Waals surface area contributed by atoms with Gasteiger partial charge in [0.05, 0.1) is 0 Å². The van der Waals surface area contributed by atoms with Gasteiger partial charge in [0, 0.05) is 6.42 Å². The van der Waals surface area contributed by atoms with Gasteiger partial charge in [-0.1, -0.05) is 6.07 Å². The van der Waals surface area contributed by atoms with E-state index in [4.69, 9.17) is 9.47 Å². The van der Waals surface area contributed by atoms with Gasteiger partial charge in [-0.15, -0.1) is 0 Å². The third-order valence-corrected chi connectivity index (χ3v) is 2.95. The van der Waals surface area contributed by atoms with Crippen molar-refractivity contribution in [2.24, 2.45) is 0 Å². The van der Waals surface area contributed by atoms with Crippen molar-refractivity contribution in [1.82, 2.24) is 0 Å². The molecule has 1 heterocycles. The normalized spacial score (nSPS) is 20.8. The summed E-state index contributed by atoms with van der Waals surface area (Å²) in [5, 5.41) is 0. The Labute approximate surface area is 93.7 Å². The molecule has 16 heavy (non-hydrogen) atoms. The highest BCUT2D eigenvalue weighted by molar-refractivity contribution is 6.01. The van der Waals surface area contributed by atoms with Gasteiger partial charge in [0.1, 0.15) is 0 Å². The number of carbonyl (C=O) groups excluding carboxylic acids is 1.